The molecule has 0 unspecified atom stereocenters. The molecular formula is C11H19N3O2S2. The lowest BCUT2D eigenvalue weighted by Crippen LogP contribution is -2.39. The van der Waals surface area contributed by atoms with E-state index in [1.807, 2.05) is 17.5 Å². The molecule has 0 fully saturated rings. The van der Waals surface area contributed by atoms with Crippen LogP contribution in [-0.2, 0) is 16.4 Å². The molecule has 18 heavy (non-hydrogen) atoms. The van der Waals surface area contributed by atoms with Crippen molar-refractivity contribution in [3.8, 4) is 0 Å². The zero-order valence-electron chi connectivity index (χ0n) is 10.6. The first-order chi connectivity index (χ1) is 8.57. The topological polar surface area (TPSA) is 70.6 Å². The van der Waals surface area contributed by atoms with E-state index in [9.17, 15) is 8.42 Å². The number of aliphatic imine (C=N–C) groups is 1. The highest BCUT2D eigenvalue weighted by Gasteiger charge is 2.07. The predicted molar refractivity (Wildman–Crippen MR) is 76.8 cm³/mol. The molecule has 0 aliphatic rings. The maximum absolute atomic E-state index is 11.3. The Kier molecular flexibility index (Phi) is 6.14. The van der Waals surface area contributed by atoms with Gasteiger partial charge in [-0.1, -0.05) is 13.0 Å². The molecule has 0 spiro atoms. The normalized spacial score (nSPS) is 12.4. The first-order valence-electron chi connectivity index (χ1n) is 5.74. The fourth-order valence-electron chi connectivity index (χ4n) is 1.27. The van der Waals surface area contributed by atoms with Crippen molar-refractivity contribution < 1.29 is 8.42 Å². The van der Waals surface area contributed by atoms with Gasteiger partial charge < -0.3 is 10.6 Å². The summed E-state index contributed by atoms with van der Waals surface area (Å²) in [6.07, 6.45) is 0. The molecule has 2 N–H and O–H groups in total. The Morgan fingerprint density at radius 2 is 2.22 bits per heavy atom. The van der Waals surface area contributed by atoms with Crippen LogP contribution in [0, 0.1) is 0 Å². The molecule has 5 nitrogen and oxygen atoms in total. The van der Waals surface area contributed by atoms with Crippen LogP contribution in [-0.4, -0.2) is 39.5 Å². The van der Waals surface area contributed by atoms with Crippen molar-refractivity contribution in [2.45, 2.75) is 13.5 Å². The molecule has 1 heterocycles. The number of sulfone groups is 1. The summed E-state index contributed by atoms with van der Waals surface area (Å²) in [5.74, 6) is 0.925. The minimum absolute atomic E-state index is 0.128. The average Bonchev–Trinajstić information content (AvgIpc) is 2.86. The van der Waals surface area contributed by atoms with Crippen molar-refractivity contribution in [2.24, 2.45) is 4.99 Å². The van der Waals surface area contributed by atoms with Crippen LogP contribution in [0.3, 0.4) is 0 Å². The quantitative estimate of drug-likeness (QED) is 0.601. The Balaban J connectivity index is 2.31. The second-order valence-electron chi connectivity index (χ2n) is 3.67. The molecule has 0 aromatic carbocycles. The molecule has 7 heteroatoms. The third-order valence-electron chi connectivity index (χ3n) is 2.38. The highest BCUT2D eigenvalue weighted by Crippen LogP contribution is 2.06. The van der Waals surface area contributed by atoms with E-state index in [1.165, 1.54) is 4.88 Å². The zero-order valence-corrected chi connectivity index (χ0v) is 12.3. The second kappa shape index (κ2) is 7.38. The van der Waals surface area contributed by atoms with E-state index in [2.05, 4.69) is 15.6 Å². The Bertz CT molecular complexity index is 466. The van der Waals surface area contributed by atoms with Crippen molar-refractivity contribution in [3.05, 3.63) is 22.4 Å². The van der Waals surface area contributed by atoms with Gasteiger partial charge in [0.25, 0.3) is 0 Å². The van der Waals surface area contributed by atoms with E-state index < -0.39 is 9.84 Å². The number of nitrogens with one attached hydrogen (secondary N) is 2. The third kappa shape index (κ3) is 5.50. The van der Waals surface area contributed by atoms with Gasteiger partial charge in [0.2, 0.25) is 0 Å². The lowest BCUT2D eigenvalue weighted by Gasteiger charge is -2.10. The van der Waals surface area contributed by atoms with E-state index in [4.69, 9.17) is 0 Å². The fourth-order valence-corrected chi connectivity index (χ4v) is 2.62. The highest BCUT2D eigenvalue weighted by molar-refractivity contribution is 7.91. The second-order valence-corrected chi connectivity index (χ2v) is 7.17. The summed E-state index contributed by atoms with van der Waals surface area (Å²) < 4.78 is 22.6. The van der Waals surface area contributed by atoms with Crippen LogP contribution in [0.1, 0.15) is 11.8 Å². The lowest BCUT2D eigenvalue weighted by atomic mass is 10.5. The molecule has 1 rings (SSSR count). The van der Waals surface area contributed by atoms with E-state index in [-0.39, 0.29) is 11.5 Å². The number of rotatable bonds is 6. The minimum Gasteiger partial charge on any atom is -0.355 e. The molecular weight excluding hydrogens is 270 g/mol. The Labute approximate surface area is 112 Å². The van der Waals surface area contributed by atoms with Gasteiger partial charge in [-0.05, 0) is 11.4 Å². The first kappa shape index (κ1) is 15.0. The summed E-state index contributed by atoms with van der Waals surface area (Å²) in [6, 6.07) is 4.03. The molecule has 0 atom stereocenters. The number of hydrogen-bond donors (Lipinski definition) is 2. The zero-order chi connectivity index (χ0) is 13.4. The average molecular weight is 289 g/mol. The van der Waals surface area contributed by atoms with Crippen LogP contribution in [0.15, 0.2) is 22.5 Å². The van der Waals surface area contributed by atoms with Crippen LogP contribution in [0.5, 0.6) is 0 Å². The van der Waals surface area contributed by atoms with Gasteiger partial charge in [0, 0.05) is 24.2 Å². The van der Waals surface area contributed by atoms with Gasteiger partial charge in [-0.2, -0.15) is 0 Å². The minimum atomic E-state index is -2.92. The molecule has 0 saturated heterocycles. The van der Waals surface area contributed by atoms with E-state index in [0.717, 1.165) is 0 Å². The molecule has 0 aliphatic heterocycles. The smallest absolute Gasteiger partial charge is 0.191 e. The molecule has 0 saturated carbocycles. The lowest BCUT2D eigenvalue weighted by molar-refractivity contribution is 0.595. The Morgan fingerprint density at radius 3 is 2.78 bits per heavy atom. The number of guanidine groups is 1. The molecule has 0 aliphatic carbocycles. The number of nitrogens with zero attached hydrogens (tertiary/aromatic N) is 1. The van der Waals surface area contributed by atoms with E-state index >= 15 is 0 Å². The molecule has 0 bridgehead atoms. The summed E-state index contributed by atoms with van der Waals surface area (Å²) in [7, 11) is -1.26. The maximum Gasteiger partial charge on any atom is 0.191 e. The van der Waals surface area contributed by atoms with Gasteiger partial charge in [-0.15, -0.1) is 11.3 Å². The van der Waals surface area contributed by atoms with Crippen molar-refractivity contribution in [2.75, 3.05) is 25.1 Å². The summed E-state index contributed by atoms with van der Waals surface area (Å²) in [5.41, 5.74) is 0. The molecule has 1 aromatic rings. The Hall–Kier alpha value is -1.08. The van der Waals surface area contributed by atoms with Crippen molar-refractivity contribution in [1.29, 1.82) is 0 Å². The molecule has 102 valence electrons. The summed E-state index contributed by atoms with van der Waals surface area (Å²) in [6.45, 7) is 2.72. The van der Waals surface area contributed by atoms with Gasteiger partial charge in [0.1, 0.15) is 0 Å². The van der Waals surface area contributed by atoms with Crippen molar-refractivity contribution in [3.63, 3.8) is 0 Å². The highest BCUT2D eigenvalue weighted by atomic mass is 32.2. The van der Waals surface area contributed by atoms with Crippen LogP contribution in [0.25, 0.3) is 0 Å². The largest absolute Gasteiger partial charge is 0.355 e. The Morgan fingerprint density at radius 1 is 1.44 bits per heavy atom. The van der Waals surface area contributed by atoms with Crippen LogP contribution < -0.4 is 10.6 Å². The molecule has 0 amide bonds. The summed E-state index contributed by atoms with van der Waals surface area (Å²) in [5, 5.41) is 8.13. The van der Waals surface area contributed by atoms with Gasteiger partial charge in [0.05, 0.1) is 12.3 Å². The summed E-state index contributed by atoms with van der Waals surface area (Å²) in [4.78, 5) is 5.24. The molecule has 1 aromatic heterocycles. The van der Waals surface area contributed by atoms with Gasteiger partial charge >= 0.3 is 0 Å². The standard InChI is InChI=1S/C11H19N3O2S2/c1-3-18(15,16)8-6-13-11(12-2)14-9-10-5-4-7-17-10/h4-5,7H,3,6,8-9H2,1-2H3,(H2,12,13,14). The van der Waals surface area contributed by atoms with E-state index in [1.54, 1.807) is 25.3 Å². The van der Waals surface area contributed by atoms with Crippen LogP contribution in [0.2, 0.25) is 0 Å². The number of thiophene rings is 1. The number of hydrogen-bond acceptors (Lipinski definition) is 4. The van der Waals surface area contributed by atoms with Crippen LogP contribution >= 0.6 is 11.3 Å². The molecule has 0 radical (unpaired) electrons. The van der Waals surface area contributed by atoms with Gasteiger partial charge in [0.15, 0.2) is 15.8 Å². The van der Waals surface area contributed by atoms with Crippen molar-refractivity contribution >= 4 is 27.1 Å². The van der Waals surface area contributed by atoms with Crippen LogP contribution in [0.4, 0.5) is 0 Å². The third-order valence-corrected chi connectivity index (χ3v) is 4.96. The predicted octanol–water partition coefficient (Wildman–Crippen LogP) is 0.848. The monoisotopic (exact) mass is 289 g/mol. The van der Waals surface area contributed by atoms with Crippen molar-refractivity contribution in [1.82, 2.24) is 10.6 Å². The summed E-state index contributed by atoms with van der Waals surface area (Å²) >= 11 is 1.67. The SMILES string of the molecule is CCS(=O)(=O)CCNC(=NC)NCc1cccs1. The van der Waals surface area contributed by atoms with Gasteiger partial charge in [-0.3, -0.25) is 4.99 Å². The fraction of sp³-hybridized carbons (Fsp3) is 0.545. The van der Waals surface area contributed by atoms with E-state index in [0.29, 0.717) is 19.0 Å². The van der Waals surface area contributed by atoms with Gasteiger partial charge in [-0.25, -0.2) is 8.42 Å². The first-order valence-corrected chi connectivity index (χ1v) is 8.45. The maximum atomic E-state index is 11.3.